The van der Waals surface area contributed by atoms with E-state index in [9.17, 15) is 8.42 Å². The van der Waals surface area contributed by atoms with Gasteiger partial charge in [-0.15, -0.1) is 11.3 Å². The number of nitrogens with zero attached hydrogens (tertiary/aromatic N) is 2. The molecular formula is C12H15ClN4O2S2. The Balaban J connectivity index is 2.13. The average Bonchev–Trinajstić information content (AvgIpc) is 2.85. The second-order valence-electron chi connectivity index (χ2n) is 4.21. The van der Waals surface area contributed by atoms with Gasteiger partial charge in [0.15, 0.2) is 0 Å². The minimum atomic E-state index is -3.66. The highest BCUT2D eigenvalue weighted by Gasteiger charge is 2.16. The van der Waals surface area contributed by atoms with Crippen molar-refractivity contribution < 1.29 is 8.42 Å². The SMILES string of the molecule is CCNc1ncc(S(=O)(=O)NCc2csc(C)n2)cc1Cl. The van der Waals surface area contributed by atoms with Gasteiger partial charge < -0.3 is 5.32 Å². The van der Waals surface area contributed by atoms with Gasteiger partial charge in [0.1, 0.15) is 10.7 Å². The zero-order valence-corrected chi connectivity index (χ0v) is 13.9. The van der Waals surface area contributed by atoms with E-state index in [4.69, 9.17) is 11.6 Å². The molecule has 0 aromatic carbocycles. The third-order valence-electron chi connectivity index (χ3n) is 2.58. The lowest BCUT2D eigenvalue weighted by atomic mass is 10.4. The summed E-state index contributed by atoms with van der Waals surface area (Å²) in [5.74, 6) is 0.466. The van der Waals surface area contributed by atoms with Crippen molar-refractivity contribution in [1.29, 1.82) is 0 Å². The third kappa shape index (κ3) is 4.13. The van der Waals surface area contributed by atoms with Gasteiger partial charge in [0.25, 0.3) is 0 Å². The molecule has 9 heteroatoms. The molecule has 2 aromatic rings. The molecule has 114 valence electrons. The first-order valence-electron chi connectivity index (χ1n) is 6.22. The number of aryl methyl sites for hydroxylation is 1. The lowest BCUT2D eigenvalue weighted by molar-refractivity contribution is 0.580. The zero-order chi connectivity index (χ0) is 15.5. The van der Waals surface area contributed by atoms with E-state index < -0.39 is 10.0 Å². The Kier molecular flexibility index (Phi) is 5.15. The molecule has 0 bridgehead atoms. The molecular weight excluding hydrogens is 332 g/mol. The Morgan fingerprint density at radius 2 is 2.19 bits per heavy atom. The van der Waals surface area contributed by atoms with Crippen LogP contribution in [-0.2, 0) is 16.6 Å². The van der Waals surface area contributed by atoms with Gasteiger partial charge in [-0.05, 0) is 19.9 Å². The van der Waals surface area contributed by atoms with Crippen LogP contribution in [0.2, 0.25) is 5.02 Å². The Bertz CT molecular complexity index is 731. The van der Waals surface area contributed by atoms with Gasteiger partial charge in [-0.2, -0.15) is 0 Å². The lowest BCUT2D eigenvalue weighted by Crippen LogP contribution is -2.23. The highest BCUT2D eigenvalue weighted by molar-refractivity contribution is 7.89. The fourth-order valence-corrected chi connectivity index (χ4v) is 3.49. The van der Waals surface area contributed by atoms with Crippen LogP contribution in [0, 0.1) is 6.92 Å². The van der Waals surface area contributed by atoms with Gasteiger partial charge in [0.05, 0.1) is 22.3 Å². The van der Waals surface area contributed by atoms with E-state index in [2.05, 4.69) is 20.0 Å². The summed E-state index contributed by atoms with van der Waals surface area (Å²) in [4.78, 5) is 8.25. The highest BCUT2D eigenvalue weighted by Crippen LogP contribution is 2.22. The summed E-state index contributed by atoms with van der Waals surface area (Å²) in [6, 6.07) is 1.38. The number of sulfonamides is 1. The first kappa shape index (κ1) is 16.2. The number of nitrogens with one attached hydrogen (secondary N) is 2. The molecule has 0 radical (unpaired) electrons. The molecule has 2 aromatic heterocycles. The molecule has 0 saturated heterocycles. The quantitative estimate of drug-likeness (QED) is 0.839. The minimum Gasteiger partial charge on any atom is -0.369 e. The average molecular weight is 347 g/mol. The van der Waals surface area contributed by atoms with Crippen molar-refractivity contribution in [3.63, 3.8) is 0 Å². The highest BCUT2D eigenvalue weighted by atomic mass is 35.5. The van der Waals surface area contributed by atoms with Crippen molar-refractivity contribution in [3.8, 4) is 0 Å². The smallest absolute Gasteiger partial charge is 0.242 e. The molecule has 0 unspecified atom stereocenters. The molecule has 2 N–H and O–H groups in total. The van der Waals surface area contributed by atoms with E-state index in [-0.39, 0.29) is 16.5 Å². The summed E-state index contributed by atoms with van der Waals surface area (Å²) < 4.78 is 26.8. The number of thiazole rings is 1. The van der Waals surface area contributed by atoms with Gasteiger partial charge in [-0.1, -0.05) is 11.6 Å². The van der Waals surface area contributed by atoms with Gasteiger partial charge in [0.2, 0.25) is 10.0 Å². The van der Waals surface area contributed by atoms with Gasteiger partial charge in [-0.25, -0.2) is 23.1 Å². The van der Waals surface area contributed by atoms with Crippen LogP contribution in [0.1, 0.15) is 17.6 Å². The van der Waals surface area contributed by atoms with Crippen LogP contribution in [0.15, 0.2) is 22.5 Å². The maximum absolute atomic E-state index is 12.2. The molecule has 2 heterocycles. The van der Waals surface area contributed by atoms with E-state index >= 15 is 0 Å². The number of halogens is 1. The molecule has 0 fully saturated rings. The molecule has 0 saturated carbocycles. The van der Waals surface area contributed by atoms with Gasteiger partial charge in [-0.3, -0.25) is 0 Å². The van der Waals surface area contributed by atoms with Crippen LogP contribution in [0.5, 0.6) is 0 Å². The summed E-state index contributed by atoms with van der Waals surface area (Å²) in [7, 11) is -3.66. The number of anilines is 1. The first-order chi connectivity index (χ1) is 9.92. The summed E-state index contributed by atoms with van der Waals surface area (Å²) in [6.45, 7) is 4.56. The Labute approximate surface area is 132 Å². The number of hydrogen-bond acceptors (Lipinski definition) is 6. The Hall–Kier alpha value is -1.22. The van der Waals surface area contributed by atoms with Crippen LogP contribution in [0.25, 0.3) is 0 Å². The van der Waals surface area contributed by atoms with Gasteiger partial charge >= 0.3 is 0 Å². The molecule has 0 aliphatic carbocycles. The van der Waals surface area contributed by atoms with Crippen molar-refractivity contribution in [2.75, 3.05) is 11.9 Å². The summed E-state index contributed by atoms with van der Waals surface area (Å²) in [5, 5.41) is 5.93. The van der Waals surface area contributed by atoms with E-state index in [1.54, 1.807) is 0 Å². The zero-order valence-electron chi connectivity index (χ0n) is 11.6. The Morgan fingerprint density at radius 1 is 1.43 bits per heavy atom. The number of rotatable bonds is 6. The van der Waals surface area contributed by atoms with Crippen LogP contribution in [-0.4, -0.2) is 24.9 Å². The monoisotopic (exact) mass is 346 g/mol. The van der Waals surface area contributed by atoms with E-state index in [0.29, 0.717) is 18.1 Å². The van der Waals surface area contributed by atoms with E-state index in [0.717, 1.165) is 5.01 Å². The van der Waals surface area contributed by atoms with Crippen LogP contribution in [0.4, 0.5) is 5.82 Å². The molecule has 0 spiro atoms. The maximum Gasteiger partial charge on any atom is 0.242 e. The van der Waals surface area contributed by atoms with E-state index in [1.807, 2.05) is 19.2 Å². The fourth-order valence-electron chi connectivity index (χ4n) is 1.61. The largest absolute Gasteiger partial charge is 0.369 e. The lowest BCUT2D eigenvalue weighted by Gasteiger charge is -2.08. The molecule has 0 amide bonds. The normalized spacial score (nSPS) is 11.6. The summed E-state index contributed by atoms with van der Waals surface area (Å²) >= 11 is 7.48. The van der Waals surface area contributed by atoms with Crippen LogP contribution < -0.4 is 10.0 Å². The van der Waals surface area contributed by atoms with Gasteiger partial charge in [0, 0.05) is 18.1 Å². The molecule has 2 rings (SSSR count). The summed E-state index contributed by atoms with van der Waals surface area (Å²) in [6.07, 6.45) is 1.28. The van der Waals surface area contributed by atoms with Crippen molar-refractivity contribution in [2.24, 2.45) is 0 Å². The molecule has 21 heavy (non-hydrogen) atoms. The first-order valence-corrected chi connectivity index (χ1v) is 8.96. The predicted molar refractivity (Wildman–Crippen MR) is 84.3 cm³/mol. The second kappa shape index (κ2) is 6.69. The predicted octanol–water partition coefficient (Wildman–Crippen LogP) is 2.41. The molecule has 0 atom stereocenters. The number of pyridine rings is 1. The fraction of sp³-hybridized carbons (Fsp3) is 0.333. The van der Waals surface area contributed by atoms with Crippen molar-refractivity contribution in [2.45, 2.75) is 25.3 Å². The number of aromatic nitrogens is 2. The van der Waals surface area contributed by atoms with Crippen molar-refractivity contribution >= 4 is 38.8 Å². The van der Waals surface area contributed by atoms with Crippen molar-refractivity contribution in [3.05, 3.63) is 33.4 Å². The van der Waals surface area contributed by atoms with Crippen LogP contribution in [0.3, 0.4) is 0 Å². The van der Waals surface area contributed by atoms with Crippen molar-refractivity contribution in [1.82, 2.24) is 14.7 Å². The maximum atomic E-state index is 12.2. The van der Waals surface area contributed by atoms with E-state index in [1.165, 1.54) is 23.6 Å². The Morgan fingerprint density at radius 3 is 2.76 bits per heavy atom. The second-order valence-corrected chi connectivity index (χ2v) is 7.45. The molecule has 0 aliphatic heterocycles. The van der Waals surface area contributed by atoms with Crippen LogP contribution >= 0.6 is 22.9 Å². The molecule has 6 nitrogen and oxygen atoms in total. The summed E-state index contributed by atoms with van der Waals surface area (Å²) in [5.41, 5.74) is 0.685. The molecule has 0 aliphatic rings. The topological polar surface area (TPSA) is 84.0 Å². The number of hydrogen-bond donors (Lipinski definition) is 2. The minimum absolute atomic E-state index is 0.0288. The third-order valence-corrected chi connectivity index (χ3v) is 5.06. The standard InChI is InChI=1S/C12H15ClN4O2S2/c1-3-14-12-11(13)4-10(6-15-12)21(18,19)16-5-9-7-20-8(2)17-9/h4,6-7,16H,3,5H2,1-2H3,(H,14,15).